The summed E-state index contributed by atoms with van der Waals surface area (Å²) in [5.74, 6) is 2.44. The van der Waals surface area contributed by atoms with Crippen molar-refractivity contribution in [3.05, 3.63) is 393 Å². The minimum Gasteiger partial charge on any atom is -0.497 e. The first kappa shape index (κ1) is 72.1. The number of rotatable bonds is 9. The second-order valence-corrected chi connectivity index (χ2v) is 29.3. The zero-order valence-electron chi connectivity index (χ0n) is 63.2. The summed E-state index contributed by atoms with van der Waals surface area (Å²) in [6, 6.07) is 104. The molecule has 0 amide bonds. The van der Waals surface area contributed by atoms with Gasteiger partial charge >= 0.3 is 0 Å². The lowest BCUT2D eigenvalue weighted by atomic mass is 9.98. The molecule has 0 spiro atoms. The fraction of sp³-hybridized carbons (Fsp3) is 0.105. The molecular weight excluding hydrogens is 1390 g/mol. The number of methoxy groups -OCH3 is 1. The Morgan fingerprint density at radius 1 is 0.230 bits per heavy atom. The number of unbranched alkanes of at least 4 members (excludes halogenated alkanes) is 5. The SMILES string of the molecule is CCCCCCCCOc1cc2c(c3ccccc13)C(=O)c1ccccc1-2.COc1ccc2c(c1)C(=O)c1ccccc1-2.Cc1cccc2c1C(=O)c1c(C)cccc1-2.O=C1c2cc3ccccc3cc2-c2cc3ccccc3cc21.O=C1c2ccccc2-c2cc3ccccc3cc21.O=C1c2ccccc2-c2ccccc21. The van der Waals surface area contributed by atoms with E-state index in [1.54, 1.807) is 13.2 Å². The summed E-state index contributed by atoms with van der Waals surface area (Å²) in [6.07, 6.45) is 7.48. The Morgan fingerprint density at radius 2 is 0.540 bits per heavy atom. The van der Waals surface area contributed by atoms with Crippen LogP contribution in [0.4, 0.5) is 0 Å². The Bertz CT molecular complexity index is 6420. The summed E-state index contributed by atoms with van der Waals surface area (Å²) in [6.45, 7) is 6.96. The standard InChI is InChI=1S/C25H26O2.C21H12O.C17H10O.C15H12O.C14H10O2.C13H8O/c1-2-3-4-5-6-11-16-27-23-17-22-18-12-7-10-15-21(18)25(26)24(22)20-14-9-8-13-19(20)23;22-21-19-11-15-7-3-1-5-13(15)9-17(19)18-10-14-6-2-4-8-16(14)12-20(18)21;18-17-14-8-4-3-7-13(14)15-9-11-5-1-2-6-12(11)10-16(15)17;1-9-5-3-7-11-12-8-4-6-10(2)14(12)15(16)13(9)11;1-16-9-6-7-11-10-4-2-3-5-12(10)14(15)13(11)8-9;14-13-11-7-3-1-5-9(11)10-6-2-4-8-12(10)13/h7-10,12-15,17H,2-6,11,16H2,1H3;1-12H;1-10H;3-8H,1-2H3;2-8H,1H3;1-8H. The predicted molar refractivity (Wildman–Crippen MR) is 457 cm³/mol. The van der Waals surface area contributed by atoms with Gasteiger partial charge in [0.1, 0.15) is 11.5 Å². The van der Waals surface area contributed by atoms with Crippen molar-refractivity contribution in [3.63, 3.8) is 0 Å². The third kappa shape index (κ3) is 13.3. The van der Waals surface area contributed by atoms with E-state index in [-0.39, 0.29) is 34.7 Å². The smallest absolute Gasteiger partial charge is 0.194 e. The van der Waals surface area contributed by atoms with Crippen LogP contribution < -0.4 is 9.47 Å². The molecule has 8 heteroatoms. The van der Waals surface area contributed by atoms with E-state index in [2.05, 4.69) is 67.6 Å². The van der Waals surface area contributed by atoms with Crippen molar-refractivity contribution in [2.75, 3.05) is 13.7 Å². The molecule has 0 heterocycles. The maximum Gasteiger partial charge on any atom is 0.194 e. The van der Waals surface area contributed by atoms with Crippen molar-refractivity contribution in [2.24, 2.45) is 0 Å². The van der Waals surface area contributed by atoms with Gasteiger partial charge in [0.25, 0.3) is 0 Å². The molecule has 22 rings (SSSR count). The van der Waals surface area contributed by atoms with Gasteiger partial charge in [-0.1, -0.05) is 294 Å². The Hall–Kier alpha value is -13.8. The third-order valence-corrected chi connectivity index (χ3v) is 22.5. The fourth-order valence-corrected chi connectivity index (χ4v) is 16.8. The Balaban J connectivity index is 0.0000000995. The van der Waals surface area contributed by atoms with Gasteiger partial charge in [-0.3, -0.25) is 28.8 Å². The van der Waals surface area contributed by atoms with E-state index in [1.165, 1.54) is 48.3 Å². The first-order valence-corrected chi connectivity index (χ1v) is 38.8. The Morgan fingerprint density at radius 3 is 0.973 bits per heavy atom. The van der Waals surface area contributed by atoms with Crippen molar-refractivity contribution >= 4 is 77.8 Å². The number of ether oxygens (including phenoxy) is 2. The first-order valence-electron chi connectivity index (χ1n) is 38.8. The van der Waals surface area contributed by atoms with E-state index >= 15 is 0 Å². The molecule has 0 aromatic heterocycles. The molecule has 16 aromatic rings. The van der Waals surface area contributed by atoms with Crippen molar-refractivity contribution in [3.8, 4) is 78.3 Å². The topological polar surface area (TPSA) is 121 Å². The summed E-state index contributed by atoms with van der Waals surface area (Å²) < 4.78 is 11.3. The lowest BCUT2D eigenvalue weighted by Gasteiger charge is -2.13. The number of hydrogen-bond acceptors (Lipinski definition) is 8. The predicted octanol–water partition coefficient (Wildman–Crippen LogP) is 25.4. The van der Waals surface area contributed by atoms with E-state index < -0.39 is 0 Å². The van der Waals surface area contributed by atoms with Gasteiger partial charge in [-0.25, -0.2) is 0 Å². The normalized spacial score (nSPS) is 12.4. The van der Waals surface area contributed by atoms with Gasteiger partial charge in [-0.2, -0.15) is 0 Å². The molecular formula is C105H78O8. The number of aryl methyl sites for hydroxylation is 2. The van der Waals surface area contributed by atoms with Gasteiger partial charge < -0.3 is 9.47 Å². The summed E-state index contributed by atoms with van der Waals surface area (Å²) in [5, 5.41) is 8.92. The highest BCUT2D eigenvalue weighted by molar-refractivity contribution is 6.29. The van der Waals surface area contributed by atoms with Gasteiger partial charge in [-0.05, 0) is 197 Å². The maximum absolute atomic E-state index is 13.0. The van der Waals surface area contributed by atoms with Crippen molar-refractivity contribution < 1.29 is 38.2 Å². The molecule has 0 unspecified atom stereocenters. The van der Waals surface area contributed by atoms with Crippen LogP contribution in [-0.4, -0.2) is 48.4 Å². The Kier molecular flexibility index (Phi) is 19.7. The second-order valence-electron chi connectivity index (χ2n) is 29.3. The molecule has 6 aliphatic carbocycles. The van der Waals surface area contributed by atoms with Gasteiger partial charge in [0.05, 0.1) is 13.7 Å². The molecule has 0 saturated carbocycles. The van der Waals surface area contributed by atoms with Crippen LogP contribution in [0.5, 0.6) is 11.5 Å². The zero-order valence-corrected chi connectivity index (χ0v) is 63.2. The number of ketones is 6. The minimum absolute atomic E-state index is 0.0875. The summed E-state index contributed by atoms with van der Waals surface area (Å²) in [4.78, 5) is 74.4. The lowest BCUT2D eigenvalue weighted by Crippen LogP contribution is -2.01. The molecule has 0 aliphatic heterocycles. The lowest BCUT2D eigenvalue weighted by molar-refractivity contribution is 0.103. The molecule has 0 N–H and O–H groups in total. The van der Waals surface area contributed by atoms with Crippen LogP contribution in [0, 0.1) is 13.8 Å². The summed E-state index contributed by atoms with van der Waals surface area (Å²) in [5.41, 5.74) is 24.6. The number of carbonyl (C=O) groups is 6. The highest BCUT2D eigenvalue weighted by atomic mass is 16.5. The van der Waals surface area contributed by atoms with Crippen molar-refractivity contribution in [1.82, 2.24) is 0 Å². The summed E-state index contributed by atoms with van der Waals surface area (Å²) >= 11 is 0. The quantitative estimate of drug-likeness (QED) is 0.131. The molecule has 0 saturated heterocycles. The van der Waals surface area contributed by atoms with E-state index in [4.69, 9.17) is 9.47 Å². The van der Waals surface area contributed by atoms with Crippen LogP contribution >= 0.6 is 0 Å². The van der Waals surface area contributed by atoms with Crippen LogP contribution in [0.2, 0.25) is 0 Å². The fourth-order valence-electron chi connectivity index (χ4n) is 16.8. The van der Waals surface area contributed by atoms with Gasteiger partial charge in [0, 0.05) is 72.1 Å². The monoisotopic (exact) mass is 1470 g/mol. The largest absolute Gasteiger partial charge is 0.497 e. The highest BCUT2D eigenvalue weighted by Gasteiger charge is 2.34. The second kappa shape index (κ2) is 30.9. The van der Waals surface area contributed by atoms with E-state index in [9.17, 15) is 28.8 Å². The number of carbonyl (C=O) groups excluding carboxylic acids is 6. The molecule has 546 valence electrons. The van der Waals surface area contributed by atoms with E-state index in [1.807, 2.05) is 263 Å². The maximum atomic E-state index is 13.0. The van der Waals surface area contributed by atoms with Gasteiger partial charge in [-0.15, -0.1) is 0 Å². The number of benzene rings is 16. The van der Waals surface area contributed by atoms with Crippen molar-refractivity contribution in [1.29, 1.82) is 0 Å². The molecule has 113 heavy (non-hydrogen) atoms. The number of hydrogen-bond donors (Lipinski definition) is 0. The van der Waals surface area contributed by atoms with Gasteiger partial charge in [0.15, 0.2) is 34.7 Å². The van der Waals surface area contributed by atoms with Crippen LogP contribution in [-0.2, 0) is 0 Å². The third-order valence-electron chi connectivity index (χ3n) is 22.5. The molecule has 0 atom stereocenters. The van der Waals surface area contributed by atoms with Crippen LogP contribution in [0.25, 0.3) is 110 Å². The molecule has 0 fully saturated rings. The van der Waals surface area contributed by atoms with E-state index in [0.29, 0.717) is 0 Å². The minimum atomic E-state index is 0.0875. The zero-order chi connectivity index (χ0) is 77.4. The molecule has 8 nitrogen and oxygen atoms in total. The number of fused-ring (bicyclic) bond motifs is 23. The van der Waals surface area contributed by atoms with E-state index in [0.717, 1.165) is 196 Å². The average molecular weight is 1470 g/mol. The van der Waals surface area contributed by atoms with Crippen LogP contribution in [0.3, 0.4) is 0 Å². The van der Waals surface area contributed by atoms with Gasteiger partial charge in [0.2, 0.25) is 0 Å². The average Bonchev–Trinajstić information content (AvgIpc) is 1.62. The molecule has 0 radical (unpaired) electrons. The van der Waals surface area contributed by atoms with Crippen LogP contribution in [0.1, 0.15) is 152 Å². The molecule has 6 aliphatic rings. The first-order chi connectivity index (χ1) is 55.3. The molecule has 16 aromatic carbocycles. The Labute approximate surface area is 656 Å². The summed E-state index contributed by atoms with van der Waals surface area (Å²) in [7, 11) is 1.61. The van der Waals surface area contributed by atoms with Crippen molar-refractivity contribution in [2.45, 2.75) is 59.3 Å². The highest BCUT2D eigenvalue weighted by Crippen LogP contribution is 2.47. The molecule has 0 bridgehead atoms. The van der Waals surface area contributed by atoms with Crippen LogP contribution in [0.15, 0.2) is 315 Å².